The third-order valence-electron chi connectivity index (χ3n) is 1.37. The zero-order valence-electron chi connectivity index (χ0n) is 6.48. The summed E-state index contributed by atoms with van der Waals surface area (Å²) < 4.78 is 0. The molecular weight excluding hydrogens is 167 g/mol. The van der Waals surface area contributed by atoms with Crippen molar-refractivity contribution in [1.82, 2.24) is 0 Å². The van der Waals surface area contributed by atoms with Crippen LogP contribution in [-0.2, 0) is 0 Å². The Morgan fingerprint density at radius 2 is 1.36 bits per heavy atom. The molecule has 11 heavy (non-hydrogen) atoms. The largest absolute Gasteiger partial charge is 0.403 e. The number of rotatable bonds is 6. The van der Waals surface area contributed by atoms with Crippen LogP contribution in [0, 0.1) is 0 Å². The fourth-order valence-electron chi connectivity index (χ4n) is 0.789. The minimum absolute atomic E-state index is 0.0818. The highest BCUT2D eigenvalue weighted by Crippen LogP contribution is 2.45. The molecule has 0 aliphatic carbocycles. The summed E-state index contributed by atoms with van der Waals surface area (Å²) in [5.41, 5.74) is 0. The molecule has 0 amide bonds. The van der Waals surface area contributed by atoms with E-state index in [0.29, 0.717) is 6.42 Å². The van der Waals surface area contributed by atoms with Crippen molar-refractivity contribution in [2.75, 3.05) is 12.8 Å². The SMILES string of the molecule is OCCCCCC[P+](O)(O)O. The molecule has 0 rings (SSSR count). The fraction of sp³-hybridized carbons (Fsp3) is 1.00. The molecule has 0 fully saturated rings. The van der Waals surface area contributed by atoms with Gasteiger partial charge in [-0.3, -0.25) is 0 Å². The minimum Gasteiger partial charge on any atom is -0.396 e. The van der Waals surface area contributed by atoms with Gasteiger partial charge in [0.2, 0.25) is 0 Å². The van der Waals surface area contributed by atoms with Crippen molar-refractivity contribution in [2.45, 2.75) is 25.7 Å². The Kier molecular flexibility index (Phi) is 6.01. The van der Waals surface area contributed by atoms with Crippen LogP contribution < -0.4 is 0 Å². The zero-order chi connectivity index (χ0) is 8.74. The number of aliphatic hydroxyl groups excluding tert-OH is 1. The summed E-state index contributed by atoms with van der Waals surface area (Å²) in [4.78, 5) is 25.6. The predicted octanol–water partition coefficient (Wildman–Crippen LogP) is 0.279. The second-order valence-corrected chi connectivity index (χ2v) is 4.39. The summed E-state index contributed by atoms with van der Waals surface area (Å²) in [6.07, 6.45) is 3.13. The van der Waals surface area contributed by atoms with Crippen LogP contribution in [0.15, 0.2) is 0 Å². The van der Waals surface area contributed by atoms with Crippen LogP contribution in [0.5, 0.6) is 0 Å². The second kappa shape index (κ2) is 5.86. The molecule has 0 saturated heterocycles. The van der Waals surface area contributed by atoms with Crippen LogP contribution in [0.3, 0.4) is 0 Å². The number of aliphatic hydroxyl groups is 1. The second-order valence-electron chi connectivity index (χ2n) is 2.55. The summed E-state index contributed by atoms with van der Waals surface area (Å²) in [6, 6.07) is 0. The van der Waals surface area contributed by atoms with Crippen molar-refractivity contribution in [2.24, 2.45) is 0 Å². The quantitative estimate of drug-likeness (QED) is 0.352. The van der Waals surface area contributed by atoms with Crippen LogP contribution >= 0.6 is 7.94 Å². The van der Waals surface area contributed by atoms with E-state index in [0.717, 1.165) is 19.3 Å². The highest BCUT2D eigenvalue weighted by atomic mass is 31.2. The Bertz CT molecular complexity index is 91.1. The molecule has 0 aromatic carbocycles. The minimum atomic E-state index is -3.53. The van der Waals surface area contributed by atoms with Gasteiger partial charge in [-0.2, -0.15) is 14.7 Å². The van der Waals surface area contributed by atoms with Crippen molar-refractivity contribution in [1.29, 1.82) is 0 Å². The summed E-state index contributed by atoms with van der Waals surface area (Å²) in [5.74, 6) is 0. The third-order valence-corrected chi connectivity index (χ3v) is 2.28. The van der Waals surface area contributed by atoms with E-state index in [1.807, 2.05) is 0 Å². The summed E-state index contributed by atoms with van der Waals surface area (Å²) in [6.45, 7) is 0.178. The molecule has 0 aliphatic rings. The molecule has 5 heteroatoms. The number of hydrogen-bond acceptors (Lipinski definition) is 4. The molecular formula is C6H16O4P+. The van der Waals surface area contributed by atoms with E-state index in [-0.39, 0.29) is 12.8 Å². The smallest absolute Gasteiger partial charge is 0.396 e. The van der Waals surface area contributed by atoms with Crippen molar-refractivity contribution < 1.29 is 19.8 Å². The van der Waals surface area contributed by atoms with Crippen LogP contribution in [0.25, 0.3) is 0 Å². The Balaban J connectivity index is 3.02. The lowest BCUT2D eigenvalue weighted by molar-refractivity contribution is 0.282. The summed E-state index contributed by atoms with van der Waals surface area (Å²) in [5, 5.41) is 8.38. The standard InChI is InChI=1S/C6H16O4P/c7-5-3-1-2-4-6-11(8,9)10/h7-10H,1-6H2/q+1. The van der Waals surface area contributed by atoms with Gasteiger partial charge in [-0.15, -0.1) is 0 Å². The Hall–Kier alpha value is 0.270. The van der Waals surface area contributed by atoms with Gasteiger partial charge < -0.3 is 5.11 Å². The first-order chi connectivity index (χ1) is 5.06. The average Bonchev–Trinajstić information content (AvgIpc) is 1.85. The lowest BCUT2D eigenvalue weighted by atomic mass is 10.2. The molecule has 0 aromatic rings. The van der Waals surface area contributed by atoms with Gasteiger partial charge in [-0.1, -0.05) is 6.42 Å². The Morgan fingerprint density at radius 1 is 0.818 bits per heavy atom. The van der Waals surface area contributed by atoms with E-state index >= 15 is 0 Å². The molecule has 0 atom stereocenters. The monoisotopic (exact) mass is 183 g/mol. The van der Waals surface area contributed by atoms with Gasteiger partial charge in [-0.05, 0) is 19.3 Å². The first-order valence-electron chi connectivity index (χ1n) is 3.73. The zero-order valence-corrected chi connectivity index (χ0v) is 7.37. The van der Waals surface area contributed by atoms with Crippen molar-refractivity contribution in [3.63, 3.8) is 0 Å². The van der Waals surface area contributed by atoms with E-state index in [2.05, 4.69) is 0 Å². The van der Waals surface area contributed by atoms with Crippen LogP contribution in [-0.4, -0.2) is 32.6 Å². The molecule has 68 valence electrons. The molecule has 0 spiro atoms. The van der Waals surface area contributed by atoms with E-state index in [9.17, 15) is 0 Å². The first-order valence-corrected chi connectivity index (χ1v) is 5.56. The average molecular weight is 183 g/mol. The molecule has 0 bridgehead atoms. The highest BCUT2D eigenvalue weighted by molar-refractivity contribution is 7.58. The molecule has 0 unspecified atom stereocenters. The van der Waals surface area contributed by atoms with Gasteiger partial charge in [0.05, 0.1) is 0 Å². The molecule has 0 aliphatic heterocycles. The molecule has 0 heterocycles. The first kappa shape index (κ1) is 11.3. The van der Waals surface area contributed by atoms with Crippen molar-refractivity contribution in [3.05, 3.63) is 0 Å². The Labute approximate surface area is 67.1 Å². The molecule has 0 radical (unpaired) electrons. The maximum absolute atomic E-state index is 8.55. The summed E-state index contributed by atoms with van der Waals surface area (Å²) >= 11 is 0. The van der Waals surface area contributed by atoms with Crippen LogP contribution in [0.4, 0.5) is 0 Å². The molecule has 4 nitrogen and oxygen atoms in total. The van der Waals surface area contributed by atoms with Gasteiger partial charge in [-0.25, -0.2) is 0 Å². The summed E-state index contributed by atoms with van der Waals surface area (Å²) in [7, 11) is -3.53. The predicted molar refractivity (Wildman–Crippen MR) is 44.0 cm³/mol. The lowest BCUT2D eigenvalue weighted by Crippen LogP contribution is -1.95. The number of unbranched alkanes of at least 4 members (excludes halogenated alkanes) is 3. The highest BCUT2D eigenvalue weighted by Gasteiger charge is 2.27. The van der Waals surface area contributed by atoms with Crippen molar-refractivity contribution >= 4 is 7.94 Å². The Morgan fingerprint density at radius 3 is 1.82 bits per heavy atom. The van der Waals surface area contributed by atoms with Gasteiger partial charge in [0.1, 0.15) is 6.16 Å². The number of hydrogen-bond donors (Lipinski definition) is 4. The van der Waals surface area contributed by atoms with Crippen LogP contribution in [0.2, 0.25) is 0 Å². The van der Waals surface area contributed by atoms with E-state index in [1.54, 1.807) is 0 Å². The van der Waals surface area contributed by atoms with Crippen LogP contribution in [0.1, 0.15) is 25.7 Å². The van der Waals surface area contributed by atoms with Gasteiger partial charge in [0.15, 0.2) is 0 Å². The van der Waals surface area contributed by atoms with Gasteiger partial charge in [0, 0.05) is 6.61 Å². The third kappa shape index (κ3) is 10.3. The van der Waals surface area contributed by atoms with E-state index < -0.39 is 7.94 Å². The topological polar surface area (TPSA) is 80.9 Å². The van der Waals surface area contributed by atoms with E-state index in [1.165, 1.54) is 0 Å². The normalized spacial score (nSPS) is 12.0. The van der Waals surface area contributed by atoms with Crippen molar-refractivity contribution in [3.8, 4) is 0 Å². The molecule has 0 aromatic heterocycles. The lowest BCUT2D eigenvalue weighted by Gasteiger charge is -2.02. The fourth-order valence-corrected chi connectivity index (χ4v) is 1.44. The maximum atomic E-state index is 8.55. The maximum Gasteiger partial charge on any atom is 0.403 e. The molecule has 4 N–H and O–H groups in total. The van der Waals surface area contributed by atoms with Gasteiger partial charge in [0.25, 0.3) is 0 Å². The van der Waals surface area contributed by atoms with Gasteiger partial charge >= 0.3 is 7.94 Å². The van der Waals surface area contributed by atoms with E-state index in [4.69, 9.17) is 19.8 Å². The molecule has 0 saturated carbocycles.